The van der Waals surface area contributed by atoms with Crippen molar-refractivity contribution in [3.8, 4) is 0 Å². The molecule has 1 aliphatic heterocycles. The van der Waals surface area contributed by atoms with Gasteiger partial charge < -0.3 is 15.4 Å². The molecule has 5 nitrogen and oxygen atoms in total. The Balaban J connectivity index is 2.54. The number of hydrogen-bond donors (Lipinski definition) is 1. The molecule has 1 saturated heterocycles. The Morgan fingerprint density at radius 2 is 2.18 bits per heavy atom. The first kappa shape index (κ1) is 14.0. The zero-order valence-electron chi connectivity index (χ0n) is 10.6. The third kappa shape index (κ3) is 3.70. The summed E-state index contributed by atoms with van der Waals surface area (Å²) in [6, 6.07) is -0.448. The van der Waals surface area contributed by atoms with Crippen LogP contribution in [-0.2, 0) is 14.3 Å². The minimum absolute atomic E-state index is 0.0542. The summed E-state index contributed by atoms with van der Waals surface area (Å²) >= 11 is 0. The summed E-state index contributed by atoms with van der Waals surface area (Å²) in [5.41, 5.74) is 5.72. The third-order valence-electron chi connectivity index (χ3n) is 3.11. The van der Waals surface area contributed by atoms with E-state index >= 15 is 0 Å². The Hall–Kier alpha value is -1.10. The Bertz CT molecular complexity index is 281. The van der Waals surface area contributed by atoms with Crippen molar-refractivity contribution in [2.75, 3.05) is 19.7 Å². The number of nitrogens with two attached hydrogens (primary N) is 1. The summed E-state index contributed by atoms with van der Waals surface area (Å²) in [7, 11) is 0. The average Bonchev–Trinajstić information content (AvgIpc) is 2.37. The van der Waals surface area contributed by atoms with Crippen LogP contribution in [0.2, 0.25) is 0 Å². The molecule has 0 aliphatic carbocycles. The van der Waals surface area contributed by atoms with Gasteiger partial charge in [-0.2, -0.15) is 0 Å². The number of amides is 1. The number of esters is 1. The van der Waals surface area contributed by atoms with Crippen molar-refractivity contribution in [3.05, 3.63) is 0 Å². The van der Waals surface area contributed by atoms with Crippen molar-refractivity contribution in [2.24, 2.45) is 11.7 Å². The summed E-state index contributed by atoms with van der Waals surface area (Å²) in [5, 5.41) is 0. The van der Waals surface area contributed by atoms with E-state index in [1.165, 1.54) is 0 Å². The maximum absolute atomic E-state index is 11.9. The molecule has 0 bridgehead atoms. The summed E-state index contributed by atoms with van der Waals surface area (Å²) in [6.45, 7) is 5.21. The number of carbonyl (C=O) groups excluding carboxylic acids is 2. The van der Waals surface area contributed by atoms with Gasteiger partial charge in [0.1, 0.15) is 0 Å². The van der Waals surface area contributed by atoms with Gasteiger partial charge in [0.05, 0.1) is 18.6 Å². The number of nitrogens with zero attached hydrogens (tertiary/aromatic N) is 1. The summed E-state index contributed by atoms with van der Waals surface area (Å²) in [6.07, 6.45) is 2.26. The Morgan fingerprint density at radius 3 is 2.76 bits per heavy atom. The molecular formula is C12H22N2O3. The molecule has 1 aliphatic rings. The molecule has 0 aromatic heterocycles. The van der Waals surface area contributed by atoms with Crippen LogP contribution in [0.5, 0.6) is 0 Å². The molecule has 2 atom stereocenters. The molecule has 5 heteroatoms. The molecule has 1 amide bonds. The van der Waals surface area contributed by atoms with Crippen LogP contribution in [0.25, 0.3) is 0 Å². The van der Waals surface area contributed by atoms with Crippen LogP contribution in [0.4, 0.5) is 0 Å². The number of hydrogen-bond acceptors (Lipinski definition) is 4. The van der Waals surface area contributed by atoms with E-state index < -0.39 is 6.04 Å². The lowest BCUT2D eigenvalue weighted by molar-refractivity contribution is -0.151. The molecule has 0 aromatic rings. The van der Waals surface area contributed by atoms with E-state index in [1.54, 1.807) is 11.8 Å². The molecule has 17 heavy (non-hydrogen) atoms. The number of likely N-dealkylation sites (tertiary alicyclic amines) is 1. The normalized spacial score (nSPS) is 22.1. The third-order valence-corrected chi connectivity index (χ3v) is 3.11. The topological polar surface area (TPSA) is 72.6 Å². The average molecular weight is 242 g/mol. The maximum Gasteiger partial charge on any atom is 0.310 e. The fourth-order valence-electron chi connectivity index (χ4n) is 2.04. The van der Waals surface area contributed by atoms with Crippen LogP contribution in [0.1, 0.15) is 33.1 Å². The molecule has 0 aromatic carbocycles. The molecule has 0 radical (unpaired) electrons. The van der Waals surface area contributed by atoms with Crippen molar-refractivity contribution in [1.82, 2.24) is 4.90 Å². The van der Waals surface area contributed by atoms with Gasteiger partial charge in [-0.1, -0.05) is 6.92 Å². The van der Waals surface area contributed by atoms with Gasteiger partial charge >= 0.3 is 5.97 Å². The van der Waals surface area contributed by atoms with Crippen molar-refractivity contribution < 1.29 is 14.3 Å². The summed E-state index contributed by atoms with van der Waals surface area (Å²) in [4.78, 5) is 25.2. The fraction of sp³-hybridized carbons (Fsp3) is 0.833. The molecule has 0 spiro atoms. The predicted octanol–water partition coefficient (Wildman–Crippen LogP) is 0.525. The first-order chi connectivity index (χ1) is 8.10. The molecule has 0 saturated carbocycles. The zero-order chi connectivity index (χ0) is 12.8. The second-order valence-electron chi connectivity index (χ2n) is 4.39. The van der Waals surface area contributed by atoms with Gasteiger partial charge in [0.2, 0.25) is 5.91 Å². The van der Waals surface area contributed by atoms with Crippen LogP contribution < -0.4 is 5.73 Å². The van der Waals surface area contributed by atoms with Crippen LogP contribution in [0.3, 0.4) is 0 Å². The van der Waals surface area contributed by atoms with E-state index in [0.29, 0.717) is 26.1 Å². The molecule has 1 heterocycles. The van der Waals surface area contributed by atoms with Crippen molar-refractivity contribution in [2.45, 2.75) is 39.2 Å². The second-order valence-corrected chi connectivity index (χ2v) is 4.39. The van der Waals surface area contributed by atoms with Gasteiger partial charge in [-0.3, -0.25) is 9.59 Å². The monoisotopic (exact) mass is 242 g/mol. The highest BCUT2D eigenvalue weighted by Gasteiger charge is 2.30. The highest BCUT2D eigenvalue weighted by atomic mass is 16.5. The highest BCUT2D eigenvalue weighted by Crippen LogP contribution is 2.18. The fourth-order valence-corrected chi connectivity index (χ4v) is 2.04. The van der Waals surface area contributed by atoms with Crippen molar-refractivity contribution in [1.29, 1.82) is 0 Å². The van der Waals surface area contributed by atoms with Crippen molar-refractivity contribution in [3.63, 3.8) is 0 Å². The van der Waals surface area contributed by atoms with E-state index in [1.807, 2.05) is 6.92 Å². The minimum atomic E-state index is -0.448. The van der Waals surface area contributed by atoms with E-state index in [0.717, 1.165) is 12.8 Å². The lowest BCUT2D eigenvalue weighted by Gasteiger charge is -2.33. The molecule has 98 valence electrons. The van der Waals surface area contributed by atoms with Crippen LogP contribution >= 0.6 is 0 Å². The van der Waals surface area contributed by atoms with Gasteiger partial charge in [0.25, 0.3) is 0 Å². The number of rotatable bonds is 4. The minimum Gasteiger partial charge on any atom is -0.466 e. The molecule has 1 unspecified atom stereocenters. The van der Waals surface area contributed by atoms with Gasteiger partial charge in [0.15, 0.2) is 0 Å². The quantitative estimate of drug-likeness (QED) is 0.730. The van der Waals surface area contributed by atoms with E-state index in [2.05, 4.69) is 0 Å². The van der Waals surface area contributed by atoms with E-state index in [4.69, 9.17) is 10.5 Å². The second kappa shape index (κ2) is 6.59. The first-order valence-corrected chi connectivity index (χ1v) is 6.31. The van der Waals surface area contributed by atoms with Crippen LogP contribution in [0.15, 0.2) is 0 Å². The zero-order valence-corrected chi connectivity index (χ0v) is 10.6. The largest absolute Gasteiger partial charge is 0.466 e. The summed E-state index contributed by atoms with van der Waals surface area (Å²) in [5.74, 6) is -0.437. The van der Waals surface area contributed by atoms with E-state index in [9.17, 15) is 9.59 Å². The molecule has 1 fully saturated rings. The molecular weight excluding hydrogens is 220 g/mol. The SMILES string of the molecule is CCOC(=O)C1CCCN(C(=O)[C@H](N)CC)C1. The summed E-state index contributed by atoms with van der Waals surface area (Å²) < 4.78 is 4.99. The van der Waals surface area contributed by atoms with Crippen LogP contribution in [0, 0.1) is 5.92 Å². The highest BCUT2D eigenvalue weighted by molar-refractivity contribution is 5.82. The van der Waals surface area contributed by atoms with Gasteiger partial charge in [-0.05, 0) is 26.2 Å². The lowest BCUT2D eigenvalue weighted by atomic mass is 9.97. The predicted molar refractivity (Wildman–Crippen MR) is 64.2 cm³/mol. The van der Waals surface area contributed by atoms with Crippen LogP contribution in [-0.4, -0.2) is 42.5 Å². The number of carbonyl (C=O) groups is 2. The van der Waals surface area contributed by atoms with Gasteiger partial charge in [-0.15, -0.1) is 0 Å². The van der Waals surface area contributed by atoms with Crippen molar-refractivity contribution >= 4 is 11.9 Å². The number of piperidine rings is 1. The van der Waals surface area contributed by atoms with Gasteiger partial charge in [0, 0.05) is 13.1 Å². The number of ether oxygens (including phenoxy) is 1. The standard InChI is InChI=1S/C12H22N2O3/c1-3-10(13)11(15)14-7-5-6-9(8-14)12(16)17-4-2/h9-10H,3-8,13H2,1-2H3/t9?,10-/m1/s1. The maximum atomic E-state index is 11.9. The Labute approximate surface area is 102 Å². The lowest BCUT2D eigenvalue weighted by Crippen LogP contribution is -2.49. The Kier molecular flexibility index (Phi) is 5.41. The smallest absolute Gasteiger partial charge is 0.310 e. The van der Waals surface area contributed by atoms with E-state index in [-0.39, 0.29) is 17.8 Å². The van der Waals surface area contributed by atoms with Gasteiger partial charge in [-0.25, -0.2) is 0 Å². The molecule has 2 N–H and O–H groups in total. The Morgan fingerprint density at radius 1 is 1.47 bits per heavy atom. The molecule has 1 rings (SSSR count). The first-order valence-electron chi connectivity index (χ1n) is 6.31.